The highest BCUT2D eigenvalue weighted by molar-refractivity contribution is 5.95. The first-order valence-corrected chi connectivity index (χ1v) is 12.1. The van der Waals surface area contributed by atoms with E-state index < -0.39 is 6.04 Å². The Balaban J connectivity index is 1.91. The van der Waals surface area contributed by atoms with Crippen LogP contribution in [0.25, 0.3) is 16.6 Å². The van der Waals surface area contributed by atoms with Crippen molar-refractivity contribution in [2.75, 3.05) is 13.7 Å². The summed E-state index contributed by atoms with van der Waals surface area (Å²) in [6.45, 7) is 6.52. The SMILES string of the molecule is CCc1ccc(-n2c(C(CC)N(CC)C(=O)c3cccc(OC)c3)nc3ccccc3c2=O)cc1. The van der Waals surface area contributed by atoms with Crippen LogP contribution in [0.15, 0.2) is 77.6 Å². The fourth-order valence-corrected chi connectivity index (χ4v) is 4.47. The average Bonchev–Trinajstić information content (AvgIpc) is 2.91. The second-order valence-corrected chi connectivity index (χ2v) is 8.39. The molecule has 0 saturated carbocycles. The van der Waals surface area contributed by atoms with Gasteiger partial charge in [-0.25, -0.2) is 4.98 Å². The van der Waals surface area contributed by atoms with Gasteiger partial charge in [-0.05, 0) is 67.8 Å². The molecule has 0 bridgehead atoms. The Labute approximate surface area is 205 Å². The lowest BCUT2D eigenvalue weighted by atomic mass is 10.1. The number of amides is 1. The van der Waals surface area contributed by atoms with Gasteiger partial charge in [0.25, 0.3) is 11.5 Å². The Morgan fingerprint density at radius 2 is 1.74 bits per heavy atom. The third kappa shape index (κ3) is 4.69. The summed E-state index contributed by atoms with van der Waals surface area (Å²) in [5.74, 6) is 1.05. The monoisotopic (exact) mass is 469 g/mol. The second kappa shape index (κ2) is 10.6. The first-order valence-electron chi connectivity index (χ1n) is 12.1. The normalized spacial score (nSPS) is 11.9. The number of nitrogens with zero attached hydrogens (tertiary/aromatic N) is 3. The van der Waals surface area contributed by atoms with Crippen LogP contribution in [0, 0.1) is 0 Å². The molecule has 6 heteroatoms. The lowest BCUT2D eigenvalue weighted by molar-refractivity contribution is 0.0671. The van der Waals surface area contributed by atoms with Crippen LogP contribution in [0.1, 0.15) is 55.0 Å². The number of hydrogen-bond donors (Lipinski definition) is 0. The molecule has 0 aliphatic carbocycles. The van der Waals surface area contributed by atoms with Crippen molar-refractivity contribution >= 4 is 16.8 Å². The molecule has 1 heterocycles. The van der Waals surface area contributed by atoms with Crippen molar-refractivity contribution in [1.29, 1.82) is 0 Å². The fraction of sp³-hybridized carbons (Fsp3) is 0.276. The zero-order valence-electron chi connectivity index (χ0n) is 20.7. The number of para-hydroxylation sites is 1. The molecule has 0 fully saturated rings. The number of aromatic nitrogens is 2. The van der Waals surface area contributed by atoms with Gasteiger partial charge in [0.1, 0.15) is 11.6 Å². The first-order chi connectivity index (χ1) is 17.0. The van der Waals surface area contributed by atoms with Gasteiger partial charge in [-0.3, -0.25) is 14.2 Å². The maximum Gasteiger partial charge on any atom is 0.266 e. The van der Waals surface area contributed by atoms with Crippen molar-refractivity contribution in [2.24, 2.45) is 0 Å². The van der Waals surface area contributed by atoms with Crippen LogP contribution in [0.4, 0.5) is 0 Å². The fourth-order valence-electron chi connectivity index (χ4n) is 4.47. The summed E-state index contributed by atoms with van der Waals surface area (Å²) in [5, 5.41) is 0.549. The molecule has 35 heavy (non-hydrogen) atoms. The van der Waals surface area contributed by atoms with E-state index >= 15 is 0 Å². The van der Waals surface area contributed by atoms with Crippen LogP contribution in [0.3, 0.4) is 0 Å². The van der Waals surface area contributed by atoms with E-state index in [1.165, 1.54) is 5.56 Å². The maximum atomic E-state index is 13.8. The Kier molecular flexibility index (Phi) is 7.30. The predicted octanol–water partition coefficient (Wildman–Crippen LogP) is 5.57. The van der Waals surface area contributed by atoms with Crippen LogP contribution in [-0.4, -0.2) is 34.0 Å². The van der Waals surface area contributed by atoms with Gasteiger partial charge < -0.3 is 9.64 Å². The summed E-state index contributed by atoms with van der Waals surface area (Å²) >= 11 is 0. The third-order valence-corrected chi connectivity index (χ3v) is 6.38. The molecule has 0 radical (unpaired) electrons. The molecule has 1 unspecified atom stereocenters. The molecular formula is C29H31N3O3. The summed E-state index contributed by atoms with van der Waals surface area (Å²) in [5.41, 5.74) is 2.94. The van der Waals surface area contributed by atoms with E-state index in [9.17, 15) is 9.59 Å². The van der Waals surface area contributed by atoms with Gasteiger partial charge in [-0.15, -0.1) is 0 Å². The van der Waals surface area contributed by atoms with E-state index in [0.29, 0.717) is 41.0 Å². The van der Waals surface area contributed by atoms with Gasteiger partial charge in [-0.1, -0.05) is 44.2 Å². The molecule has 4 aromatic rings. The van der Waals surface area contributed by atoms with Gasteiger partial charge >= 0.3 is 0 Å². The Morgan fingerprint density at radius 3 is 2.40 bits per heavy atom. The van der Waals surface area contributed by atoms with E-state index in [1.54, 1.807) is 40.8 Å². The molecule has 0 N–H and O–H groups in total. The number of methoxy groups -OCH3 is 1. The van der Waals surface area contributed by atoms with Gasteiger partial charge in [0.2, 0.25) is 0 Å². The Bertz CT molecular complexity index is 1390. The van der Waals surface area contributed by atoms with Crippen molar-refractivity contribution < 1.29 is 9.53 Å². The number of carbonyl (C=O) groups is 1. The van der Waals surface area contributed by atoms with Gasteiger partial charge in [0.15, 0.2) is 0 Å². The maximum absolute atomic E-state index is 13.8. The number of aryl methyl sites for hydroxylation is 1. The van der Waals surface area contributed by atoms with Crippen LogP contribution in [-0.2, 0) is 6.42 Å². The van der Waals surface area contributed by atoms with Crippen LogP contribution in [0.5, 0.6) is 5.75 Å². The molecule has 4 rings (SSSR count). The zero-order valence-corrected chi connectivity index (χ0v) is 20.7. The van der Waals surface area contributed by atoms with Gasteiger partial charge in [0, 0.05) is 12.1 Å². The van der Waals surface area contributed by atoms with E-state index in [4.69, 9.17) is 9.72 Å². The summed E-state index contributed by atoms with van der Waals surface area (Å²) in [7, 11) is 1.58. The molecule has 6 nitrogen and oxygen atoms in total. The summed E-state index contributed by atoms with van der Waals surface area (Å²) < 4.78 is 6.99. The van der Waals surface area contributed by atoms with E-state index in [-0.39, 0.29) is 11.5 Å². The average molecular weight is 470 g/mol. The van der Waals surface area contributed by atoms with Crippen molar-refractivity contribution in [3.05, 3.63) is 100 Å². The minimum Gasteiger partial charge on any atom is -0.497 e. The Morgan fingerprint density at radius 1 is 1.00 bits per heavy atom. The largest absolute Gasteiger partial charge is 0.497 e. The predicted molar refractivity (Wildman–Crippen MR) is 139 cm³/mol. The molecule has 1 atom stereocenters. The van der Waals surface area contributed by atoms with Crippen molar-refractivity contribution in [3.63, 3.8) is 0 Å². The molecule has 0 spiro atoms. The number of fused-ring (bicyclic) bond motifs is 1. The van der Waals surface area contributed by atoms with Crippen LogP contribution >= 0.6 is 0 Å². The van der Waals surface area contributed by atoms with E-state index in [1.807, 2.05) is 62.4 Å². The van der Waals surface area contributed by atoms with Crippen molar-refractivity contribution in [1.82, 2.24) is 14.5 Å². The van der Waals surface area contributed by atoms with Crippen molar-refractivity contribution in [3.8, 4) is 11.4 Å². The summed E-state index contributed by atoms with van der Waals surface area (Å²) in [4.78, 5) is 34.1. The molecule has 3 aromatic carbocycles. The Hall–Kier alpha value is -3.93. The molecule has 0 aliphatic heterocycles. The molecule has 1 amide bonds. The topological polar surface area (TPSA) is 64.4 Å². The first kappa shape index (κ1) is 24.2. The van der Waals surface area contributed by atoms with Crippen LogP contribution < -0.4 is 10.3 Å². The number of carbonyl (C=O) groups excluding carboxylic acids is 1. The highest BCUT2D eigenvalue weighted by Crippen LogP contribution is 2.28. The van der Waals surface area contributed by atoms with Crippen molar-refractivity contribution in [2.45, 2.75) is 39.7 Å². The molecule has 0 saturated heterocycles. The molecule has 0 aliphatic rings. The number of benzene rings is 3. The summed E-state index contributed by atoms with van der Waals surface area (Å²) in [6.07, 6.45) is 1.51. The molecular weight excluding hydrogens is 438 g/mol. The smallest absolute Gasteiger partial charge is 0.266 e. The second-order valence-electron chi connectivity index (χ2n) is 8.39. The number of ether oxygens (including phenoxy) is 1. The molecule has 180 valence electrons. The summed E-state index contributed by atoms with van der Waals surface area (Å²) in [6, 6.07) is 22.1. The van der Waals surface area contributed by atoms with Crippen LogP contribution in [0.2, 0.25) is 0 Å². The van der Waals surface area contributed by atoms with Gasteiger partial charge in [0.05, 0.1) is 29.7 Å². The van der Waals surface area contributed by atoms with E-state index in [2.05, 4.69) is 6.92 Å². The highest BCUT2D eigenvalue weighted by Gasteiger charge is 2.29. The number of rotatable bonds is 8. The minimum atomic E-state index is -0.401. The lowest BCUT2D eigenvalue weighted by Crippen LogP contribution is -2.38. The van der Waals surface area contributed by atoms with E-state index in [0.717, 1.165) is 12.1 Å². The highest BCUT2D eigenvalue weighted by atomic mass is 16.5. The lowest BCUT2D eigenvalue weighted by Gasteiger charge is -2.31. The third-order valence-electron chi connectivity index (χ3n) is 6.38. The quantitative estimate of drug-likeness (QED) is 0.338. The zero-order chi connectivity index (χ0) is 24.9. The molecule has 1 aromatic heterocycles. The number of hydrogen-bond acceptors (Lipinski definition) is 4. The standard InChI is InChI=1S/C29H31N3O3/c1-5-20-15-17-22(18-16-20)32-27(30-25-14-9-8-13-24(25)29(32)34)26(6-2)31(7-3)28(33)21-11-10-12-23(19-21)35-4/h8-19,26H,5-7H2,1-4H3. The minimum absolute atomic E-state index is 0.131. The van der Waals surface area contributed by atoms with Gasteiger partial charge in [-0.2, -0.15) is 0 Å².